The van der Waals surface area contributed by atoms with Crippen LogP contribution in [0.2, 0.25) is 0 Å². The van der Waals surface area contributed by atoms with Crippen LogP contribution in [0.25, 0.3) is 0 Å². The molecule has 0 bridgehead atoms. The van der Waals surface area contributed by atoms with Gasteiger partial charge in [0.05, 0.1) is 6.04 Å². The fraction of sp³-hybridized carbons (Fsp3) is 0.412. The minimum atomic E-state index is -0.122. The van der Waals surface area contributed by atoms with E-state index in [9.17, 15) is 0 Å². The number of aryl methyl sites for hydroxylation is 2. The number of benzene rings is 1. The first-order valence-electron chi connectivity index (χ1n) is 7.40. The van der Waals surface area contributed by atoms with Crippen molar-refractivity contribution in [2.75, 3.05) is 0 Å². The second kappa shape index (κ2) is 5.71. The van der Waals surface area contributed by atoms with Crippen LogP contribution in [0.5, 0.6) is 0 Å². The molecule has 0 fully saturated rings. The molecular weight excluding hydrogens is 246 g/mol. The van der Waals surface area contributed by atoms with Gasteiger partial charge in [-0.1, -0.05) is 30.3 Å². The molecular formula is C17H21N3. The highest BCUT2D eigenvalue weighted by Crippen LogP contribution is 2.23. The van der Waals surface area contributed by atoms with Gasteiger partial charge in [-0.05, 0) is 50.2 Å². The number of nitrogens with two attached hydrogens (primary N) is 1. The van der Waals surface area contributed by atoms with E-state index in [1.807, 2.05) is 18.2 Å². The summed E-state index contributed by atoms with van der Waals surface area (Å²) in [6.07, 6.45) is 5.47. The average Bonchev–Trinajstić information content (AvgIpc) is 2.48. The largest absolute Gasteiger partial charge is 0.321 e. The van der Waals surface area contributed by atoms with Crippen LogP contribution < -0.4 is 5.73 Å². The highest BCUT2D eigenvalue weighted by molar-refractivity contribution is 5.28. The molecule has 3 rings (SSSR count). The van der Waals surface area contributed by atoms with Crippen LogP contribution in [0.15, 0.2) is 30.3 Å². The van der Waals surface area contributed by atoms with Crippen molar-refractivity contribution >= 4 is 0 Å². The van der Waals surface area contributed by atoms with Gasteiger partial charge in [-0.3, -0.25) is 0 Å². The molecule has 0 aliphatic heterocycles. The SMILES string of the molecule is Cc1nc(C(N)Cc2ccccc2)nc2c1CCCC2. The lowest BCUT2D eigenvalue weighted by Gasteiger charge is -2.19. The molecule has 3 heteroatoms. The van der Waals surface area contributed by atoms with Gasteiger partial charge in [0.25, 0.3) is 0 Å². The third kappa shape index (κ3) is 2.73. The van der Waals surface area contributed by atoms with E-state index in [4.69, 9.17) is 10.7 Å². The van der Waals surface area contributed by atoms with Crippen molar-refractivity contribution in [2.45, 2.75) is 45.1 Å². The van der Waals surface area contributed by atoms with Gasteiger partial charge in [0.1, 0.15) is 5.82 Å². The Hall–Kier alpha value is -1.74. The lowest BCUT2D eigenvalue weighted by molar-refractivity contribution is 0.612. The monoisotopic (exact) mass is 267 g/mol. The summed E-state index contributed by atoms with van der Waals surface area (Å²) in [7, 11) is 0. The number of nitrogens with zero attached hydrogens (tertiary/aromatic N) is 2. The summed E-state index contributed by atoms with van der Waals surface area (Å²) in [6, 6.07) is 10.2. The van der Waals surface area contributed by atoms with E-state index in [1.165, 1.54) is 29.7 Å². The summed E-state index contributed by atoms with van der Waals surface area (Å²) in [6.45, 7) is 2.09. The molecule has 0 saturated carbocycles. The normalized spacial score (nSPS) is 15.7. The van der Waals surface area contributed by atoms with Crippen LogP contribution in [-0.4, -0.2) is 9.97 Å². The molecule has 1 aliphatic rings. The van der Waals surface area contributed by atoms with Crippen LogP contribution in [0.1, 0.15) is 47.2 Å². The minimum absolute atomic E-state index is 0.122. The van der Waals surface area contributed by atoms with E-state index >= 15 is 0 Å². The number of rotatable bonds is 3. The van der Waals surface area contributed by atoms with Gasteiger partial charge in [-0.15, -0.1) is 0 Å². The minimum Gasteiger partial charge on any atom is -0.321 e. The van der Waals surface area contributed by atoms with Gasteiger partial charge in [0, 0.05) is 11.4 Å². The number of hydrogen-bond acceptors (Lipinski definition) is 3. The Balaban J connectivity index is 1.85. The van der Waals surface area contributed by atoms with Crippen LogP contribution >= 0.6 is 0 Å². The van der Waals surface area contributed by atoms with Crippen molar-refractivity contribution in [3.63, 3.8) is 0 Å². The van der Waals surface area contributed by atoms with Gasteiger partial charge in [-0.25, -0.2) is 9.97 Å². The maximum absolute atomic E-state index is 6.30. The molecule has 3 nitrogen and oxygen atoms in total. The van der Waals surface area contributed by atoms with E-state index < -0.39 is 0 Å². The van der Waals surface area contributed by atoms with E-state index in [1.54, 1.807) is 0 Å². The molecule has 0 radical (unpaired) electrons. The predicted molar refractivity (Wildman–Crippen MR) is 80.5 cm³/mol. The summed E-state index contributed by atoms with van der Waals surface area (Å²) in [5.41, 5.74) is 11.2. The molecule has 0 spiro atoms. The smallest absolute Gasteiger partial charge is 0.145 e. The first kappa shape index (κ1) is 13.3. The lowest BCUT2D eigenvalue weighted by Crippen LogP contribution is -2.20. The molecule has 0 amide bonds. The van der Waals surface area contributed by atoms with Gasteiger partial charge >= 0.3 is 0 Å². The Bertz CT molecular complexity index is 593. The van der Waals surface area contributed by atoms with Crippen molar-refractivity contribution in [2.24, 2.45) is 5.73 Å². The predicted octanol–water partition coefficient (Wildman–Crippen LogP) is 2.91. The Morgan fingerprint density at radius 3 is 2.65 bits per heavy atom. The topological polar surface area (TPSA) is 51.8 Å². The Kier molecular flexibility index (Phi) is 3.79. The van der Waals surface area contributed by atoms with Crippen molar-refractivity contribution in [3.8, 4) is 0 Å². The van der Waals surface area contributed by atoms with Crippen LogP contribution in [0, 0.1) is 6.92 Å². The number of fused-ring (bicyclic) bond motifs is 1. The Morgan fingerprint density at radius 1 is 1.10 bits per heavy atom. The first-order valence-corrected chi connectivity index (χ1v) is 7.40. The quantitative estimate of drug-likeness (QED) is 0.930. The van der Waals surface area contributed by atoms with Crippen LogP contribution in [0.4, 0.5) is 0 Å². The third-order valence-electron chi connectivity index (χ3n) is 4.04. The molecule has 0 saturated heterocycles. The third-order valence-corrected chi connectivity index (χ3v) is 4.04. The van der Waals surface area contributed by atoms with Gasteiger partial charge in [0.2, 0.25) is 0 Å². The standard InChI is InChI=1S/C17H21N3/c1-12-14-9-5-6-10-16(14)20-17(19-12)15(18)11-13-7-3-2-4-8-13/h2-4,7-8,15H,5-6,9-11,18H2,1H3. The van der Waals surface area contributed by atoms with E-state index in [0.29, 0.717) is 0 Å². The summed E-state index contributed by atoms with van der Waals surface area (Å²) in [5, 5.41) is 0. The van der Waals surface area contributed by atoms with Crippen molar-refractivity contribution < 1.29 is 0 Å². The van der Waals surface area contributed by atoms with Crippen molar-refractivity contribution in [3.05, 3.63) is 58.7 Å². The summed E-state index contributed by atoms with van der Waals surface area (Å²) >= 11 is 0. The fourth-order valence-corrected chi connectivity index (χ4v) is 2.93. The maximum Gasteiger partial charge on any atom is 0.145 e. The molecule has 1 atom stereocenters. The van der Waals surface area contributed by atoms with Crippen LogP contribution in [0.3, 0.4) is 0 Å². The summed E-state index contributed by atoms with van der Waals surface area (Å²) in [5.74, 6) is 0.798. The molecule has 104 valence electrons. The first-order chi connectivity index (χ1) is 9.74. The van der Waals surface area contributed by atoms with E-state index in [0.717, 1.165) is 30.8 Å². The second-order valence-corrected chi connectivity index (χ2v) is 5.60. The second-order valence-electron chi connectivity index (χ2n) is 5.60. The van der Waals surface area contributed by atoms with Gasteiger partial charge in [-0.2, -0.15) is 0 Å². The molecule has 2 aromatic rings. The summed E-state index contributed by atoms with van der Waals surface area (Å²) in [4.78, 5) is 9.38. The van der Waals surface area contributed by atoms with Crippen molar-refractivity contribution in [1.82, 2.24) is 9.97 Å². The van der Waals surface area contributed by atoms with Crippen molar-refractivity contribution in [1.29, 1.82) is 0 Å². The maximum atomic E-state index is 6.30. The molecule has 1 unspecified atom stereocenters. The molecule has 2 N–H and O–H groups in total. The Morgan fingerprint density at radius 2 is 1.85 bits per heavy atom. The van der Waals surface area contributed by atoms with E-state index in [2.05, 4.69) is 24.0 Å². The Labute approximate surface area is 120 Å². The zero-order valence-corrected chi connectivity index (χ0v) is 12.0. The molecule has 1 aromatic heterocycles. The average molecular weight is 267 g/mol. The molecule has 1 heterocycles. The lowest BCUT2D eigenvalue weighted by atomic mass is 9.94. The zero-order valence-electron chi connectivity index (χ0n) is 12.0. The number of aromatic nitrogens is 2. The van der Waals surface area contributed by atoms with Gasteiger partial charge < -0.3 is 5.73 Å². The van der Waals surface area contributed by atoms with E-state index in [-0.39, 0.29) is 6.04 Å². The molecule has 20 heavy (non-hydrogen) atoms. The fourth-order valence-electron chi connectivity index (χ4n) is 2.93. The summed E-state index contributed by atoms with van der Waals surface area (Å²) < 4.78 is 0. The number of hydrogen-bond donors (Lipinski definition) is 1. The molecule has 1 aliphatic carbocycles. The zero-order chi connectivity index (χ0) is 13.9. The molecule has 1 aromatic carbocycles. The highest BCUT2D eigenvalue weighted by Gasteiger charge is 2.18. The van der Waals surface area contributed by atoms with Gasteiger partial charge in [0.15, 0.2) is 0 Å². The van der Waals surface area contributed by atoms with Crippen LogP contribution in [-0.2, 0) is 19.3 Å². The highest BCUT2D eigenvalue weighted by atomic mass is 14.9.